The lowest BCUT2D eigenvalue weighted by atomic mass is 9.88. The van der Waals surface area contributed by atoms with Crippen LogP contribution in [0.4, 0.5) is 34.1 Å². The molecule has 0 unspecified atom stereocenters. The Hall–Kier alpha value is -9.38. The van der Waals surface area contributed by atoms with Gasteiger partial charge in [-0.1, -0.05) is 183 Å². The van der Waals surface area contributed by atoms with E-state index in [2.05, 4.69) is 278 Å². The Bertz CT molecular complexity index is 4480. The van der Waals surface area contributed by atoms with Crippen LogP contribution in [0.3, 0.4) is 0 Å². The Balaban J connectivity index is 1.24. The Morgan fingerprint density at radius 3 is 1.25 bits per heavy atom. The minimum absolute atomic E-state index is 1.11. The average molecular weight is 963 g/mol. The molecule has 0 saturated heterocycles. The van der Waals surface area contributed by atoms with Crippen LogP contribution in [0.1, 0.15) is 34.7 Å². The Labute approximate surface area is 436 Å². The Morgan fingerprint density at radius 2 is 0.800 bits per heavy atom. The first-order valence-corrected chi connectivity index (χ1v) is 26.1. The molecule has 14 rings (SSSR count). The minimum atomic E-state index is 1.11. The van der Waals surface area contributed by atoms with Gasteiger partial charge in [0.15, 0.2) is 0 Å². The van der Waals surface area contributed by atoms with E-state index < -0.39 is 0 Å². The summed E-state index contributed by atoms with van der Waals surface area (Å²) in [4.78, 5) is 5.00. The van der Waals surface area contributed by atoms with Crippen molar-refractivity contribution in [1.82, 2.24) is 8.80 Å². The van der Waals surface area contributed by atoms with E-state index in [0.717, 1.165) is 39.7 Å². The van der Waals surface area contributed by atoms with E-state index in [1.807, 2.05) is 6.08 Å². The fraction of sp³-hybridized carbons (Fsp3) is 0.0704. The van der Waals surface area contributed by atoms with Crippen LogP contribution in [0.25, 0.3) is 92.9 Å². The Morgan fingerprint density at radius 1 is 0.387 bits per heavy atom. The van der Waals surface area contributed by atoms with Crippen molar-refractivity contribution in [3.05, 3.63) is 259 Å². The molecule has 0 atom stereocenters. The lowest BCUT2D eigenvalue weighted by molar-refractivity contribution is 1.24. The molecule has 75 heavy (non-hydrogen) atoms. The smallest absolute Gasteiger partial charge is 0.0642 e. The molecule has 358 valence electrons. The summed E-state index contributed by atoms with van der Waals surface area (Å²) in [6.45, 7) is 15.4. The molecule has 0 spiro atoms. The van der Waals surface area contributed by atoms with Crippen LogP contribution in [-0.4, -0.2) is 8.80 Å². The molecule has 0 aliphatic rings. The number of para-hydroxylation sites is 6. The van der Waals surface area contributed by atoms with Crippen molar-refractivity contribution in [3.8, 4) is 11.1 Å². The summed E-state index contributed by atoms with van der Waals surface area (Å²) in [6.07, 6.45) is 8.63. The second kappa shape index (κ2) is 17.1. The van der Waals surface area contributed by atoms with Gasteiger partial charge in [-0.3, -0.25) is 0 Å². The third-order valence-electron chi connectivity index (χ3n) is 15.9. The largest absolute Gasteiger partial charge is 0.309 e. The van der Waals surface area contributed by atoms with Crippen molar-refractivity contribution in [2.24, 2.45) is 0 Å². The fourth-order valence-corrected chi connectivity index (χ4v) is 12.8. The van der Waals surface area contributed by atoms with Crippen molar-refractivity contribution in [1.29, 1.82) is 0 Å². The number of benzene rings is 10. The van der Waals surface area contributed by atoms with E-state index in [1.54, 1.807) is 0 Å². The van der Waals surface area contributed by atoms with Gasteiger partial charge in [0.05, 0.1) is 44.5 Å². The highest BCUT2D eigenvalue weighted by molar-refractivity contribution is 6.38. The van der Waals surface area contributed by atoms with E-state index in [9.17, 15) is 0 Å². The average Bonchev–Trinajstić information content (AvgIpc) is 4.18. The zero-order valence-electron chi connectivity index (χ0n) is 42.9. The van der Waals surface area contributed by atoms with Gasteiger partial charge in [-0.15, -0.1) is 0 Å². The number of aryl methyl sites for hydroxylation is 4. The summed E-state index contributed by atoms with van der Waals surface area (Å²) in [6, 6.07) is 74.1. The van der Waals surface area contributed by atoms with Gasteiger partial charge in [0.25, 0.3) is 0 Å². The second-order valence-corrected chi connectivity index (χ2v) is 20.2. The SMILES string of the molecule is C=C/C=C(\C=C/C)c1c2c3ccc(N(c4ccccc4C)c4ccccc4C)c4c5ccccc5n(c2c(-c2ccccc2)c2c5ccc(N(c6ccccc6C)c6ccccc6C)c6c7ccccc7n(c12)c56)c34. The van der Waals surface area contributed by atoms with E-state index in [-0.39, 0.29) is 0 Å². The number of anilines is 6. The monoisotopic (exact) mass is 962 g/mol. The second-order valence-electron chi connectivity index (χ2n) is 20.2. The zero-order valence-corrected chi connectivity index (χ0v) is 42.9. The summed E-state index contributed by atoms with van der Waals surface area (Å²) in [5.41, 5.74) is 23.6. The van der Waals surface area contributed by atoms with E-state index in [4.69, 9.17) is 0 Å². The van der Waals surface area contributed by atoms with Crippen molar-refractivity contribution in [3.63, 3.8) is 0 Å². The third kappa shape index (κ3) is 6.30. The number of allylic oxidation sites excluding steroid dienone is 5. The van der Waals surface area contributed by atoms with Crippen molar-refractivity contribution in [2.75, 3.05) is 9.80 Å². The zero-order chi connectivity index (χ0) is 50.6. The van der Waals surface area contributed by atoms with E-state index >= 15 is 0 Å². The molecule has 0 fully saturated rings. The molecule has 0 aliphatic carbocycles. The van der Waals surface area contributed by atoms with Gasteiger partial charge in [0.1, 0.15) is 0 Å². The highest BCUT2D eigenvalue weighted by atomic mass is 15.2. The van der Waals surface area contributed by atoms with E-state index in [0.29, 0.717) is 0 Å². The van der Waals surface area contributed by atoms with Gasteiger partial charge >= 0.3 is 0 Å². The van der Waals surface area contributed by atoms with Crippen molar-refractivity contribution >= 4 is 116 Å². The van der Waals surface area contributed by atoms with Crippen molar-refractivity contribution < 1.29 is 0 Å². The molecular formula is C71H54N4. The molecule has 4 nitrogen and oxygen atoms in total. The van der Waals surface area contributed by atoms with E-state index in [1.165, 1.54) is 115 Å². The predicted molar refractivity (Wildman–Crippen MR) is 322 cm³/mol. The number of nitrogens with zero attached hydrogens (tertiary/aromatic N) is 4. The summed E-state index contributed by atoms with van der Waals surface area (Å²) in [7, 11) is 0. The van der Waals surface area contributed by atoms with Gasteiger partial charge < -0.3 is 18.6 Å². The van der Waals surface area contributed by atoms with Crippen LogP contribution < -0.4 is 9.80 Å². The van der Waals surface area contributed by atoms with Gasteiger partial charge in [-0.05, 0) is 117 Å². The molecule has 14 aromatic rings. The van der Waals surface area contributed by atoms with Gasteiger partial charge in [0, 0.05) is 77.0 Å². The number of hydrogen-bond acceptors (Lipinski definition) is 2. The number of aromatic nitrogens is 2. The third-order valence-corrected chi connectivity index (χ3v) is 15.9. The molecule has 4 heterocycles. The highest BCUT2D eigenvalue weighted by Gasteiger charge is 2.34. The number of hydrogen-bond donors (Lipinski definition) is 0. The minimum Gasteiger partial charge on any atom is -0.309 e. The summed E-state index contributed by atoms with van der Waals surface area (Å²) in [5.74, 6) is 0. The summed E-state index contributed by atoms with van der Waals surface area (Å²) < 4.78 is 5.24. The van der Waals surface area contributed by atoms with Crippen LogP contribution >= 0.6 is 0 Å². The summed E-state index contributed by atoms with van der Waals surface area (Å²) >= 11 is 0. The lowest BCUT2D eigenvalue weighted by Gasteiger charge is -2.29. The molecular weight excluding hydrogens is 909 g/mol. The molecule has 0 radical (unpaired) electrons. The maximum Gasteiger partial charge on any atom is 0.0642 e. The Kier molecular flexibility index (Phi) is 10.1. The molecule has 0 N–H and O–H groups in total. The van der Waals surface area contributed by atoms with Crippen LogP contribution in [0, 0.1) is 27.7 Å². The standard InChI is InChI=1S/C71H54N4/c1-7-24-48(25-8-2)62-66-52-40-42-60(72(54-34-18-12-26-44(54)3)55-35-19-13-27-45(55)4)64-51-33-17-23-39-59(51)75(68(52)64)71(66)63(49-30-10-9-11-31-49)67-53-41-43-61(65-50-32-16-22-38-58(50)74(69(53)65)70(62)67)73(56-36-20-14-28-46(56)5)57-37-21-15-29-47(57)6/h7-43H,1H2,2-6H3/b25-8-,48-24+. The van der Waals surface area contributed by atoms with Gasteiger partial charge in [0.2, 0.25) is 0 Å². The highest BCUT2D eigenvalue weighted by Crippen LogP contribution is 2.56. The molecule has 4 heteroatoms. The molecule has 10 aromatic carbocycles. The number of rotatable bonds is 10. The summed E-state index contributed by atoms with van der Waals surface area (Å²) in [5, 5.41) is 9.75. The molecule has 4 aromatic heterocycles. The first-order chi connectivity index (χ1) is 36.9. The number of fused-ring (bicyclic) bond motifs is 12. The normalized spacial score (nSPS) is 12.4. The van der Waals surface area contributed by atoms with Gasteiger partial charge in [-0.2, -0.15) is 0 Å². The van der Waals surface area contributed by atoms with Crippen LogP contribution in [-0.2, 0) is 0 Å². The fourth-order valence-electron chi connectivity index (χ4n) is 12.8. The van der Waals surface area contributed by atoms with Crippen LogP contribution in [0.15, 0.2) is 231 Å². The van der Waals surface area contributed by atoms with Gasteiger partial charge in [-0.25, -0.2) is 0 Å². The predicted octanol–water partition coefficient (Wildman–Crippen LogP) is 20.0. The maximum atomic E-state index is 4.36. The van der Waals surface area contributed by atoms with Crippen LogP contribution in [0.2, 0.25) is 0 Å². The lowest BCUT2D eigenvalue weighted by Crippen LogP contribution is -2.13. The molecule has 0 saturated carbocycles. The van der Waals surface area contributed by atoms with Crippen molar-refractivity contribution in [2.45, 2.75) is 34.6 Å². The quantitative estimate of drug-likeness (QED) is 0.127. The van der Waals surface area contributed by atoms with Crippen LogP contribution in [0.5, 0.6) is 0 Å². The molecule has 0 bridgehead atoms. The topological polar surface area (TPSA) is 15.3 Å². The first-order valence-electron chi connectivity index (χ1n) is 26.1. The molecule has 0 aliphatic heterocycles. The first kappa shape index (κ1) is 44.3. The maximum absolute atomic E-state index is 4.36. The molecule has 0 amide bonds.